The minimum Gasteiger partial charge on any atom is -0.481 e. The molecule has 2 fully saturated rings. The monoisotopic (exact) mass is 540 g/mol. The number of hydrogen-bond donors (Lipinski definition) is 4. The van der Waals surface area contributed by atoms with Crippen LogP contribution in [0.2, 0.25) is 0 Å². The van der Waals surface area contributed by atoms with E-state index in [0.717, 1.165) is 48.2 Å². The van der Waals surface area contributed by atoms with Crippen molar-refractivity contribution in [1.82, 2.24) is 10.2 Å². The number of aliphatic hydroxyl groups is 2. The van der Waals surface area contributed by atoms with E-state index in [1.165, 1.54) is 0 Å². The summed E-state index contributed by atoms with van der Waals surface area (Å²) in [7, 11) is 0. The van der Waals surface area contributed by atoms with Crippen molar-refractivity contribution in [3.63, 3.8) is 0 Å². The Labute approximate surface area is 229 Å². The van der Waals surface area contributed by atoms with Crippen LogP contribution in [0.25, 0.3) is 0 Å². The van der Waals surface area contributed by atoms with Gasteiger partial charge in [0.05, 0.1) is 24.9 Å². The topological polar surface area (TPSA) is 129 Å². The molecule has 9 nitrogen and oxygen atoms in total. The summed E-state index contributed by atoms with van der Waals surface area (Å²) in [5.41, 5.74) is 3.75. The molecule has 2 aliphatic heterocycles. The van der Waals surface area contributed by atoms with Crippen molar-refractivity contribution >= 4 is 11.9 Å². The average molecular weight is 541 g/mol. The number of unbranched alkanes of at least 4 members (excludes halogenated alkanes) is 2. The van der Waals surface area contributed by atoms with E-state index in [-0.39, 0.29) is 37.2 Å². The van der Waals surface area contributed by atoms with E-state index < -0.39 is 12.3 Å². The van der Waals surface area contributed by atoms with Gasteiger partial charge < -0.3 is 30.1 Å². The third-order valence-electron chi connectivity index (χ3n) is 7.36. The average Bonchev–Trinajstić information content (AvgIpc) is 3.35. The molecule has 2 heterocycles. The van der Waals surface area contributed by atoms with Crippen molar-refractivity contribution in [2.75, 3.05) is 19.6 Å². The standard InChI is InChI=1S/C30H40N2O7/c33-20-22-8-10-23(11-9-22)27-16-26(19-32-15-14-25(34)18-32)38-30(39-27)24-12-6-21(7-13-24)17-31-28(35)4-2-1-3-5-29(36)37/h6-13,25-27,30,33-34H,1-5,14-20H2,(H,31,35)(H,36,37). The zero-order valence-electron chi connectivity index (χ0n) is 22.3. The van der Waals surface area contributed by atoms with E-state index in [1.54, 1.807) is 0 Å². The number of carbonyl (C=O) groups is 2. The van der Waals surface area contributed by atoms with Gasteiger partial charge in [-0.05, 0) is 36.0 Å². The number of β-amino-alcohol motifs (C(OH)–C–C–N with tert-alkyl or cyclic N) is 1. The van der Waals surface area contributed by atoms with E-state index in [2.05, 4.69) is 10.2 Å². The maximum absolute atomic E-state index is 12.1. The Balaban J connectivity index is 1.34. The zero-order chi connectivity index (χ0) is 27.6. The summed E-state index contributed by atoms with van der Waals surface area (Å²) in [5, 5.41) is 31.0. The Bertz CT molecular complexity index is 1060. The molecule has 4 rings (SSSR count). The van der Waals surface area contributed by atoms with Crippen LogP contribution in [0.5, 0.6) is 0 Å². The SMILES string of the molecule is O=C(O)CCCCCC(=O)NCc1ccc(C2OC(CN3CCC(O)C3)CC(c3ccc(CO)cc3)O2)cc1. The molecule has 0 radical (unpaired) electrons. The molecule has 1 amide bonds. The van der Waals surface area contributed by atoms with E-state index in [4.69, 9.17) is 14.6 Å². The van der Waals surface area contributed by atoms with E-state index in [1.807, 2.05) is 48.5 Å². The Hall–Kier alpha value is -2.82. The molecule has 4 N–H and O–H groups in total. The van der Waals surface area contributed by atoms with Crippen LogP contribution in [0.1, 0.15) is 79.6 Å². The molecule has 0 saturated carbocycles. The number of rotatable bonds is 13. The summed E-state index contributed by atoms with van der Waals surface area (Å²) < 4.78 is 12.8. The molecule has 4 atom stereocenters. The Morgan fingerprint density at radius 1 is 0.923 bits per heavy atom. The fourth-order valence-electron chi connectivity index (χ4n) is 5.12. The van der Waals surface area contributed by atoms with Gasteiger partial charge in [0.15, 0.2) is 6.29 Å². The largest absolute Gasteiger partial charge is 0.481 e. The van der Waals surface area contributed by atoms with Gasteiger partial charge in [-0.1, -0.05) is 55.0 Å². The second kappa shape index (κ2) is 14.5. The number of nitrogens with zero attached hydrogens (tertiary/aromatic N) is 1. The number of aliphatic hydroxyl groups excluding tert-OH is 2. The molecule has 2 aliphatic rings. The van der Waals surface area contributed by atoms with Gasteiger partial charge in [0.1, 0.15) is 0 Å². The predicted molar refractivity (Wildman–Crippen MR) is 144 cm³/mol. The first kappa shape index (κ1) is 29.2. The number of amides is 1. The van der Waals surface area contributed by atoms with Crippen LogP contribution < -0.4 is 5.32 Å². The molecule has 0 spiro atoms. The van der Waals surface area contributed by atoms with Crippen LogP contribution >= 0.6 is 0 Å². The molecule has 39 heavy (non-hydrogen) atoms. The third kappa shape index (κ3) is 9.12. The molecular weight excluding hydrogens is 500 g/mol. The van der Waals surface area contributed by atoms with Gasteiger partial charge >= 0.3 is 5.97 Å². The van der Waals surface area contributed by atoms with Crippen LogP contribution in [0.4, 0.5) is 0 Å². The normalized spacial score (nSPS) is 23.5. The van der Waals surface area contributed by atoms with Gasteiger partial charge in [0, 0.05) is 51.0 Å². The minimum absolute atomic E-state index is 0.00293. The first-order valence-electron chi connectivity index (χ1n) is 13.9. The number of nitrogens with one attached hydrogen (secondary N) is 1. The van der Waals surface area contributed by atoms with E-state index in [9.17, 15) is 19.8 Å². The lowest BCUT2D eigenvalue weighted by atomic mass is 9.99. The van der Waals surface area contributed by atoms with E-state index in [0.29, 0.717) is 38.8 Å². The molecule has 4 unspecified atom stereocenters. The first-order valence-corrected chi connectivity index (χ1v) is 13.9. The zero-order valence-corrected chi connectivity index (χ0v) is 22.3. The van der Waals surface area contributed by atoms with Crippen LogP contribution in [-0.4, -0.2) is 63.9 Å². The van der Waals surface area contributed by atoms with Crippen molar-refractivity contribution in [3.8, 4) is 0 Å². The molecule has 2 aromatic rings. The fraction of sp³-hybridized carbons (Fsp3) is 0.533. The quantitative estimate of drug-likeness (QED) is 0.285. The highest BCUT2D eigenvalue weighted by Gasteiger charge is 2.34. The lowest BCUT2D eigenvalue weighted by molar-refractivity contribution is -0.252. The highest BCUT2D eigenvalue weighted by molar-refractivity contribution is 5.75. The molecule has 2 aromatic carbocycles. The van der Waals surface area contributed by atoms with Crippen molar-refractivity contribution < 1.29 is 34.4 Å². The number of carboxylic acids is 1. The Morgan fingerprint density at radius 2 is 1.62 bits per heavy atom. The van der Waals surface area contributed by atoms with Gasteiger partial charge in [0.2, 0.25) is 5.91 Å². The molecule has 2 saturated heterocycles. The predicted octanol–water partition coefficient (Wildman–Crippen LogP) is 3.44. The molecule has 0 bridgehead atoms. The summed E-state index contributed by atoms with van der Waals surface area (Å²) >= 11 is 0. The number of hydrogen-bond acceptors (Lipinski definition) is 7. The Morgan fingerprint density at radius 3 is 2.28 bits per heavy atom. The Kier molecular flexibility index (Phi) is 10.9. The third-order valence-corrected chi connectivity index (χ3v) is 7.36. The second-order valence-electron chi connectivity index (χ2n) is 10.5. The van der Waals surface area contributed by atoms with Crippen LogP contribution in [0.15, 0.2) is 48.5 Å². The van der Waals surface area contributed by atoms with Crippen LogP contribution in [0.3, 0.4) is 0 Å². The van der Waals surface area contributed by atoms with Gasteiger partial charge in [-0.2, -0.15) is 0 Å². The number of benzene rings is 2. The fourth-order valence-corrected chi connectivity index (χ4v) is 5.12. The minimum atomic E-state index is -0.805. The van der Waals surface area contributed by atoms with Crippen LogP contribution in [-0.2, 0) is 32.2 Å². The van der Waals surface area contributed by atoms with Gasteiger partial charge in [-0.15, -0.1) is 0 Å². The van der Waals surface area contributed by atoms with E-state index >= 15 is 0 Å². The van der Waals surface area contributed by atoms with Crippen molar-refractivity contribution in [1.29, 1.82) is 0 Å². The van der Waals surface area contributed by atoms with Gasteiger partial charge in [-0.25, -0.2) is 0 Å². The maximum atomic E-state index is 12.1. The van der Waals surface area contributed by atoms with Gasteiger partial charge in [-0.3, -0.25) is 14.5 Å². The number of likely N-dealkylation sites (tertiary alicyclic amines) is 1. The number of carbonyl (C=O) groups excluding carboxylic acids is 1. The summed E-state index contributed by atoms with van der Waals surface area (Å²) in [6.45, 7) is 2.65. The molecule has 0 aromatic heterocycles. The number of carboxylic acid groups (broad SMARTS) is 1. The molecule has 0 aliphatic carbocycles. The summed E-state index contributed by atoms with van der Waals surface area (Å²) in [6, 6.07) is 15.7. The second-order valence-corrected chi connectivity index (χ2v) is 10.5. The van der Waals surface area contributed by atoms with Crippen LogP contribution in [0, 0.1) is 0 Å². The van der Waals surface area contributed by atoms with Crippen molar-refractivity contribution in [3.05, 3.63) is 70.8 Å². The summed E-state index contributed by atoms with van der Waals surface area (Å²) in [6.07, 6.45) is 2.93. The molecule has 212 valence electrons. The lowest BCUT2D eigenvalue weighted by Gasteiger charge is -2.37. The lowest BCUT2D eigenvalue weighted by Crippen LogP contribution is -2.38. The summed E-state index contributed by atoms with van der Waals surface area (Å²) in [5.74, 6) is -0.848. The van der Waals surface area contributed by atoms with Gasteiger partial charge in [0.25, 0.3) is 0 Å². The number of ether oxygens (including phenoxy) is 2. The maximum Gasteiger partial charge on any atom is 0.303 e. The highest BCUT2D eigenvalue weighted by atomic mass is 16.7. The molecular formula is C30H40N2O7. The highest BCUT2D eigenvalue weighted by Crippen LogP contribution is 2.38. The molecule has 9 heteroatoms. The van der Waals surface area contributed by atoms with Crippen molar-refractivity contribution in [2.45, 2.75) is 82.7 Å². The van der Waals surface area contributed by atoms with Crippen molar-refractivity contribution in [2.24, 2.45) is 0 Å². The first-order chi connectivity index (χ1) is 18.9. The summed E-state index contributed by atoms with van der Waals surface area (Å²) in [4.78, 5) is 24.9. The smallest absolute Gasteiger partial charge is 0.303 e. The number of aliphatic carboxylic acids is 1.